The van der Waals surface area contributed by atoms with Gasteiger partial charge in [-0.3, -0.25) is 4.79 Å². The molecule has 0 saturated heterocycles. The summed E-state index contributed by atoms with van der Waals surface area (Å²) in [6.07, 6.45) is 5.22. The van der Waals surface area contributed by atoms with Crippen molar-refractivity contribution < 1.29 is 19.4 Å². The van der Waals surface area contributed by atoms with Crippen LogP contribution >= 0.6 is 11.3 Å². The van der Waals surface area contributed by atoms with E-state index >= 15 is 0 Å². The summed E-state index contributed by atoms with van der Waals surface area (Å²) in [7, 11) is 0. The highest BCUT2D eigenvalue weighted by molar-refractivity contribution is 7.18. The van der Waals surface area contributed by atoms with Gasteiger partial charge in [-0.05, 0) is 30.4 Å². The molecule has 1 aromatic carbocycles. The second kappa shape index (κ2) is 8.86. The summed E-state index contributed by atoms with van der Waals surface area (Å²) in [6.45, 7) is 4.06. The lowest BCUT2D eigenvalue weighted by molar-refractivity contribution is -0.119. The molecule has 5 nitrogen and oxygen atoms in total. The first kappa shape index (κ1) is 19.2. The van der Waals surface area contributed by atoms with Crippen LogP contribution in [0.25, 0.3) is 10.4 Å². The standard InChI is InChI=1S/C21H23NO4S/c1-2-12-22(19(23)13-15-8-6-7-9-15)17-14-18(16-10-4-3-5-11-16)27-20(17)26-21(24)25/h2-5,10-11,14-15H,1,6-9,12-13H2,(H,24,25). The number of carbonyl (C=O) groups excluding carboxylic acids is 1. The summed E-state index contributed by atoms with van der Waals surface area (Å²) in [6, 6.07) is 11.5. The summed E-state index contributed by atoms with van der Waals surface area (Å²) >= 11 is 1.22. The van der Waals surface area contributed by atoms with Gasteiger partial charge in [-0.25, -0.2) is 4.79 Å². The first-order chi connectivity index (χ1) is 13.1. The number of ether oxygens (including phenoxy) is 1. The van der Waals surface area contributed by atoms with Gasteiger partial charge in [0.05, 0.1) is 5.69 Å². The van der Waals surface area contributed by atoms with Gasteiger partial charge >= 0.3 is 6.16 Å². The van der Waals surface area contributed by atoms with Gasteiger partial charge < -0.3 is 14.7 Å². The molecule has 0 radical (unpaired) electrons. The molecule has 1 aliphatic carbocycles. The third-order valence-corrected chi connectivity index (χ3v) is 5.81. The second-order valence-electron chi connectivity index (χ2n) is 6.66. The van der Waals surface area contributed by atoms with Crippen LogP contribution in [-0.4, -0.2) is 23.7 Å². The highest BCUT2D eigenvalue weighted by atomic mass is 32.1. The maximum atomic E-state index is 13.0. The minimum Gasteiger partial charge on any atom is -0.449 e. The molecule has 1 aliphatic rings. The maximum absolute atomic E-state index is 13.0. The van der Waals surface area contributed by atoms with Crippen LogP contribution in [0.4, 0.5) is 10.5 Å². The number of anilines is 1. The molecule has 1 amide bonds. The predicted octanol–water partition coefficient (Wildman–Crippen LogP) is 5.57. The van der Waals surface area contributed by atoms with E-state index in [0.717, 1.165) is 23.3 Å². The van der Waals surface area contributed by atoms with Gasteiger partial charge in [0.2, 0.25) is 11.0 Å². The number of nitrogens with zero attached hydrogens (tertiary/aromatic N) is 1. The van der Waals surface area contributed by atoms with Crippen molar-refractivity contribution in [1.82, 2.24) is 0 Å². The molecule has 1 fully saturated rings. The Kier molecular flexibility index (Phi) is 6.29. The van der Waals surface area contributed by atoms with Gasteiger partial charge in [0.1, 0.15) is 0 Å². The van der Waals surface area contributed by atoms with Crippen LogP contribution in [0.15, 0.2) is 49.1 Å². The Bertz CT molecular complexity index is 809. The Labute approximate surface area is 162 Å². The van der Waals surface area contributed by atoms with Crippen LogP contribution in [0, 0.1) is 5.92 Å². The molecule has 27 heavy (non-hydrogen) atoms. The SMILES string of the molecule is C=CCN(C(=O)CC1CCCC1)c1cc(-c2ccccc2)sc1OC(=O)O. The van der Waals surface area contributed by atoms with E-state index in [2.05, 4.69) is 6.58 Å². The van der Waals surface area contributed by atoms with E-state index in [0.29, 0.717) is 24.6 Å². The Morgan fingerprint density at radius 3 is 2.59 bits per heavy atom. The van der Waals surface area contributed by atoms with Gasteiger partial charge in [-0.15, -0.1) is 6.58 Å². The summed E-state index contributed by atoms with van der Waals surface area (Å²) < 4.78 is 5.00. The van der Waals surface area contributed by atoms with Crippen molar-refractivity contribution in [3.05, 3.63) is 49.1 Å². The fourth-order valence-corrected chi connectivity index (χ4v) is 4.50. The average molecular weight is 385 g/mol. The molecule has 1 heterocycles. The van der Waals surface area contributed by atoms with Crippen molar-refractivity contribution in [2.24, 2.45) is 5.92 Å². The Morgan fingerprint density at radius 2 is 1.96 bits per heavy atom. The van der Waals surface area contributed by atoms with E-state index in [1.807, 2.05) is 36.4 Å². The van der Waals surface area contributed by atoms with E-state index in [1.165, 1.54) is 24.2 Å². The van der Waals surface area contributed by atoms with Gasteiger partial charge in [-0.2, -0.15) is 0 Å². The number of thiophene rings is 1. The second-order valence-corrected chi connectivity index (χ2v) is 7.68. The Balaban J connectivity index is 1.93. The first-order valence-corrected chi connectivity index (χ1v) is 9.91. The number of carboxylic acid groups (broad SMARTS) is 1. The number of hydrogen-bond acceptors (Lipinski definition) is 4. The van der Waals surface area contributed by atoms with Gasteiger partial charge in [-0.1, -0.05) is 60.6 Å². The van der Waals surface area contributed by atoms with Crippen LogP contribution in [0.5, 0.6) is 5.06 Å². The predicted molar refractivity (Wildman–Crippen MR) is 108 cm³/mol. The van der Waals surface area contributed by atoms with E-state index in [9.17, 15) is 9.59 Å². The minimum atomic E-state index is -1.39. The number of amides is 1. The number of carbonyl (C=O) groups is 2. The van der Waals surface area contributed by atoms with Crippen LogP contribution in [-0.2, 0) is 4.79 Å². The summed E-state index contributed by atoms with van der Waals surface area (Å²) in [5.41, 5.74) is 1.44. The average Bonchev–Trinajstić information content (AvgIpc) is 3.30. The van der Waals surface area contributed by atoms with Gasteiger partial charge in [0.15, 0.2) is 0 Å². The van der Waals surface area contributed by atoms with Crippen molar-refractivity contribution in [2.75, 3.05) is 11.4 Å². The zero-order valence-electron chi connectivity index (χ0n) is 15.1. The third-order valence-electron chi connectivity index (χ3n) is 4.76. The molecule has 1 aromatic heterocycles. The monoisotopic (exact) mass is 385 g/mol. The number of hydrogen-bond donors (Lipinski definition) is 1. The molecule has 2 aromatic rings. The number of benzene rings is 1. The lowest BCUT2D eigenvalue weighted by Crippen LogP contribution is -2.32. The fourth-order valence-electron chi connectivity index (χ4n) is 3.49. The molecule has 0 atom stereocenters. The first-order valence-electron chi connectivity index (χ1n) is 9.09. The molecule has 142 valence electrons. The van der Waals surface area contributed by atoms with E-state index < -0.39 is 6.16 Å². The highest BCUT2D eigenvalue weighted by Gasteiger charge is 2.27. The Hall–Kier alpha value is -2.60. The molecule has 1 N–H and O–H groups in total. The number of rotatable bonds is 7. The third kappa shape index (κ3) is 4.77. The smallest absolute Gasteiger partial charge is 0.449 e. The lowest BCUT2D eigenvalue weighted by Gasteiger charge is -2.22. The van der Waals surface area contributed by atoms with Gasteiger partial charge in [0, 0.05) is 17.8 Å². The minimum absolute atomic E-state index is 0.0190. The normalized spacial score (nSPS) is 14.1. The highest BCUT2D eigenvalue weighted by Crippen LogP contribution is 2.43. The van der Waals surface area contributed by atoms with E-state index in [1.54, 1.807) is 11.0 Å². The van der Waals surface area contributed by atoms with E-state index in [-0.39, 0.29) is 11.0 Å². The van der Waals surface area contributed by atoms with Crippen LogP contribution < -0.4 is 9.64 Å². The molecular weight excluding hydrogens is 362 g/mol. The molecule has 0 bridgehead atoms. The lowest BCUT2D eigenvalue weighted by atomic mass is 10.0. The fraction of sp³-hybridized carbons (Fsp3) is 0.333. The maximum Gasteiger partial charge on any atom is 0.512 e. The molecular formula is C21H23NO4S. The van der Waals surface area contributed by atoms with Crippen molar-refractivity contribution >= 4 is 29.1 Å². The van der Waals surface area contributed by atoms with E-state index in [4.69, 9.17) is 9.84 Å². The van der Waals surface area contributed by atoms with Crippen LogP contribution in [0.1, 0.15) is 32.1 Å². The zero-order chi connectivity index (χ0) is 19.2. The van der Waals surface area contributed by atoms with Crippen LogP contribution in [0.2, 0.25) is 0 Å². The molecule has 1 saturated carbocycles. The summed E-state index contributed by atoms with van der Waals surface area (Å²) in [5, 5.41) is 9.32. The van der Waals surface area contributed by atoms with Crippen molar-refractivity contribution in [3.63, 3.8) is 0 Å². The summed E-state index contributed by atoms with van der Waals surface area (Å²) in [5.74, 6) is 0.385. The molecule has 0 aliphatic heterocycles. The van der Waals surface area contributed by atoms with Crippen molar-refractivity contribution in [1.29, 1.82) is 0 Å². The molecule has 3 rings (SSSR count). The van der Waals surface area contributed by atoms with Crippen molar-refractivity contribution in [3.8, 4) is 15.5 Å². The van der Waals surface area contributed by atoms with Crippen molar-refractivity contribution in [2.45, 2.75) is 32.1 Å². The largest absolute Gasteiger partial charge is 0.512 e. The molecule has 6 heteroatoms. The van der Waals surface area contributed by atoms with Gasteiger partial charge in [0.25, 0.3) is 0 Å². The Morgan fingerprint density at radius 1 is 1.26 bits per heavy atom. The molecule has 0 spiro atoms. The topological polar surface area (TPSA) is 66.8 Å². The quantitative estimate of drug-likeness (QED) is 0.500. The molecule has 0 unspecified atom stereocenters. The van der Waals surface area contributed by atoms with Crippen LogP contribution in [0.3, 0.4) is 0 Å². The summed E-state index contributed by atoms with van der Waals surface area (Å²) in [4.78, 5) is 26.6. The zero-order valence-corrected chi connectivity index (χ0v) is 15.9.